The van der Waals surface area contributed by atoms with Gasteiger partial charge >= 0.3 is 5.97 Å². The molecule has 0 aliphatic rings. The molecule has 0 saturated carbocycles. The Morgan fingerprint density at radius 2 is 2.33 bits per heavy atom. The summed E-state index contributed by atoms with van der Waals surface area (Å²) in [5.74, 6) is -0.267. The van der Waals surface area contributed by atoms with E-state index in [1.54, 1.807) is 13.0 Å². The Hall–Kier alpha value is -0.790. The molecule has 0 aromatic heterocycles. The van der Waals surface area contributed by atoms with Crippen LogP contribution in [0.3, 0.4) is 0 Å². The topological polar surface area (TPSA) is 26.3 Å². The van der Waals surface area contributed by atoms with Crippen LogP contribution in [0.25, 0.3) is 0 Å². The van der Waals surface area contributed by atoms with E-state index in [9.17, 15) is 4.79 Å². The zero-order valence-electron chi connectivity index (χ0n) is 5.97. The van der Waals surface area contributed by atoms with E-state index in [1.807, 2.05) is 6.92 Å². The van der Waals surface area contributed by atoms with Crippen LogP contribution in [0.4, 0.5) is 0 Å². The van der Waals surface area contributed by atoms with Crippen LogP contribution in [0, 0.1) is 6.08 Å². The highest BCUT2D eigenvalue weighted by Crippen LogP contribution is 1.90. The summed E-state index contributed by atoms with van der Waals surface area (Å²) in [6.07, 6.45) is 4.32. The molecule has 0 bridgehead atoms. The van der Waals surface area contributed by atoms with Gasteiger partial charge in [0.05, 0.1) is 0 Å². The lowest BCUT2D eigenvalue weighted by atomic mass is 10.4. The second kappa shape index (κ2) is 4.13. The van der Waals surface area contributed by atoms with E-state index in [0.29, 0.717) is 0 Å². The number of carbonyl (C=O) groups excluding carboxylic acids is 1. The van der Waals surface area contributed by atoms with Crippen molar-refractivity contribution in [3.8, 4) is 0 Å². The van der Waals surface area contributed by atoms with Crippen LogP contribution in [0.15, 0.2) is 6.08 Å². The van der Waals surface area contributed by atoms with Gasteiger partial charge in [0.15, 0.2) is 0 Å². The Morgan fingerprint density at radius 1 is 1.78 bits per heavy atom. The predicted molar refractivity (Wildman–Crippen MR) is 34.7 cm³/mol. The van der Waals surface area contributed by atoms with Crippen molar-refractivity contribution in [1.29, 1.82) is 0 Å². The van der Waals surface area contributed by atoms with E-state index in [-0.39, 0.29) is 12.1 Å². The average Bonchev–Trinajstić information content (AvgIpc) is 1.63. The third-order valence-electron chi connectivity index (χ3n) is 0.744. The summed E-state index contributed by atoms with van der Waals surface area (Å²) in [7, 11) is 0. The summed E-state index contributed by atoms with van der Waals surface area (Å²) < 4.78 is 4.71. The first-order chi connectivity index (χ1) is 4.16. The van der Waals surface area contributed by atoms with Gasteiger partial charge in [-0.25, -0.2) is 0 Å². The predicted octanol–water partition coefficient (Wildman–Crippen LogP) is 1.32. The van der Waals surface area contributed by atoms with Crippen molar-refractivity contribution < 1.29 is 9.53 Å². The maximum Gasteiger partial charge on any atom is 0.303 e. The number of ether oxygens (including phenoxy) is 1. The molecule has 0 amide bonds. The van der Waals surface area contributed by atoms with E-state index in [1.165, 1.54) is 6.92 Å². The van der Waals surface area contributed by atoms with Gasteiger partial charge in [-0.05, 0) is 19.9 Å². The molecule has 0 aromatic carbocycles. The van der Waals surface area contributed by atoms with Crippen molar-refractivity contribution in [1.82, 2.24) is 0 Å². The van der Waals surface area contributed by atoms with E-state index in [0.717, 1.165) is 0 Å². The molecule has 0 aliphatic carbocycles. The molecular formula is C7H11O2. The molecular weight excluding hydrogens is 116 g/mol. The molecule has 0 saturated heterocycles. The number of esters is 1. The average molecular weight is 127 g/mol. The van der Waals surface area contributed by atoms with Gasteiger partial charge < -0.3 is 4.74 Å². The molecule has 0 heterocycles. The van der Waals surface area contributed by atoms with Gasteiger partial charge in [-0.2, -0.15) is 0 Å². The van der Waals surface area contributed by atoms with Gasteiger partial charge in [0, 0.05) is 6.92 Å². The first kappa shape index (κ1) is 8.21. The Kier molecular flexibility index (Phi) is 3.76. The third-order valence-corrected chi connectivity index (χ3v) is 0.744. The number of rotatable bonds is 2. The van der Waals surface area contributed by atoms with Gasteiger partial charge in [0.2, 0.25) is 0 Å². The fraction of sp³-hybridized carbons (Fsp3) is 0.571. The highest BCUT2D eigenvalue weighted by atomic mass is 16.5. The van der Waals surface area contributed by atoms with Crippen LogP contribution in [0.2, 0.25) is 0 Å². The number of allylic oxidation sites excluding steroid dienone is 1. The van der Waals surface area contributed by atoms with Crippen molar-refractivity contribution >= 4 is 5.97 Å². The fourth-order valence-electron chi connectivity index (χ4n) is 0.518. The second-order valence-corrected chi connectivity index (χ2v) is 1.71. The summed E-state index contributed by atoms with van der Waals surface area (Å²) in [4.78, 5) is 10.3. The van der Waals surface area contributed by atoms with Crippen LogP contribution in [0.5, 0.6) is 0 Å². The first-order valence-electron chi connectivity index (χ1n) is 2.88. The molecule has 0 rings (SSSR count). The Morgan fingerprint density at radius 3 is 2.67 bits per heavy atom. The molecule has 0 fully saturated rings. The standard InChI is InChI=1S/C7H11O2/c1-4-5-6(2)9-7(3)8/h4,6H,1-3H3/t6-/m1/s1. The summed E-state index contributed by atoms with van der Waals surface area (Å²) in [6, 6.07) is 0. The highest BCUT2D eigenvalue weighted by molar-refractivity contribution is 5.66. The molecule has 0 aromatic rings. The Bertz CT molecular complexity index is 116. The molecule has 9 heavy (non-hydrogen) atoms. The number of hydrogen-bond acceptors (Lipinski definition) is 2. The lowest BCUT2D eigenvalue weighted by molar-refractivity contribution is -0.143. The molecule has 51 valence electrons. The maximum absolute atomic E-state index is 10.3. The molecule has 1 atom stereocenters. The first-order valence-corrected chi connectivity index (χ1v) is 2.88. The van der Waals surface area contributed by atoms with Crippen molar-refractivity contribution in [2.45, 2.75) is 26.9 Å². The van der Waals surface area contributed by atoms with Gasteiger partial charge in [-0.1, -0.05) is 6.08 Å². The summed E-state index contributed by atoms with van der Waals surface area (Å²) in [6.45, 7) is 4.98. The molecule has 2 heteroatoms. The summed E-state index contributed by atoms with van der Waals surface area (Å²) >= 11 is 0. The van der Waals surface area contributed by atoms with E-state index in [4.69, 9.17) is 4.74 Å². The van der Waals surface area contributed by atoms with E-state index in [2.05, 4.69) is 6.08 Å². The zero-order chi connectivity index (χ0) is 7.28. The van der Waals surface area contributed by atoms with Crippen molar-refractivity contribution in [3.63, 3.8) is 0 Å². The minimum Gasteiger partial charge on any atom is -0.458 e. The van der Waals surface area contributed by atoms with Gasteiger partial charge in [-0.15, -0.1) is 0 Å². The maximum atomic E-state index is 10.3. The van der Waals surface area contributed by atoms with Gasteiger partial charge in [0.1, 0.15) is 6.10 Å². The SMILES string of the molecule is CC=[C][C@@H](C)OC(C)=O. The van der Waals surface area contributed by atoms with Crippen molar-refractivity contribution in [3.05, 3.63) is 12.2 Å². The minimum atomic E-state index is -0.267. The molecule has 2 nitrogen and oxygen atoms in total. The summed E-state index contributed by atoms with van der Waals surface area (Å²) in [5, 5.41) is 0. The normalized spacial score (nSPS) is 13.7. The molecule has 0 unspecified atom stereocenters. The molecule has 0 aliphatic heterocycles. The lowest BCUT2D eigenvalue weighted by Crippen LogP contribution is -2.08. The number of hydrogen-bond donors (Lipinski definition) is 0. The zero-order valence-corrected chi connectivity index (χ0v) is 5.97. The monoisotopic (exact) mass is 127 g/mol. The Balaban J connectivity index is 3.50. The molecule has 1 radical (unpaired) electrons. The number of carbonyl (C=O) groups is 1. The molecule has 0 N–H and O–H groups in total. The van der Waals surface area contributed by atoms with Gasteiger partial charge in [-0.3, -0.25) is 4.79 Å². The van der Waals surface area contributed by atoms with Crippen molar-refractivity contribution in [2.24, 2.45) is 0 Å². The quantitative estimate of drug-likeness (QED) is 0.523. The lowest BCUT2D eigenvalue weighted by Gasteiger charge is -2.03. The van der Waals surface area contributed by atoms with Crippen molar-refractivity contribution in [2.75, 3.05) is 0 Å². The van der Waals surface area contributed by atoms with Crippen LogP contribution in [0.1, 0.15) is 20.8 Å². The Labute approximate surface area is 55.5 Å². The smallest absolute Gasteiger partial charge is 0.303 e. The minimum absolute atomic E-state index is 0.215. The van der Waals surface area contributed by atoms with Crippen LogP contribution in [-0.4, -0.2) is 12.1 Å². The van der Waals surface area contributed by atoms with E-state index >= 15 is 0 Å². The largest absolute Gasteiger partial charge is 0.458 e. The second-order valence-electron chi connectivity index (χ2n) is 1.71. The highest BCUT2D eigenvalue weighted by Gasteiger charge is 1.97. The van der Waals surface area contributed by atoms with E-state index < -0.39 is 0 Å². The van der Waals surface area contributed by atoms with Crippen LogP contribution >= 0.6 is 0 Å². The summed E-state index contributed by atoms with van der Waals surface area (Å²) in [5.41, 5.74) is 0. The van der Waals surface area contributed by atoms with Gasteiger partial charge in [0.25, 0.3) is 0 Å². The fourth-order valence-corrected chi connectivity index (χ4v) is 0.518. The molecule has 0 spiro atoms. The van der Waals surface area contributed by atoms with Crippen LogP contribution in [-0.2, 0) is 9.53 Å². The van der Waals surface area contributed by atoms with Crippen LogP contribution < -0.4 is 0 Å². The third kappa shape index (κ3) is 5.07.